The van der Waals surface area contributed by atoms with Crippen LogP contribution in [0.3, 0.4) is 0 Å². The van der Waals surface area contributed by atoms with Crippen LogP contribution in [0.15, 0.2) is 18.2 Å². The van der Waals surface area contributed by atoms with E-state index < -0.39 is 0 Å². The molecule has 96 valence electrons. The van der Waals surface area contributed by atoms with Crippen molar-refractivity contribution in [2.45, 2.75) is 19.4 Å². The molecule has 0 aromatic heterocycles. The molecule has 0 spiro atoms. The summed E-state index contributed by atoms with van der Waals surface area (Å²) in [6.07, 6.45) is 1.07. The lowest BCUT2D eigenvalue weighted by atomic mass is 10.2. The molecule has 0 radical (unpaired) electrons. The monoisotopic (exact) mass is 237 g/mol. The fourth-order valence-corrected chi connectivity index (χ4v) is 1.64. The summed E-state index contributed by atoms with van der Waals surface area (Å²) in [5.74, 6) is 0.717. The van der Waals surface area contributed by atoms with Gasteiger partial charge < -0.3 is 20.7 Å². The van der Waals surface area contributed by atoms with E-state index in [0.29, 0.717) is 11.7 Å². The molecule has 1 aromatic carbocycles. The number of anilines is 2. The van der Waals surface area contributed by atoms with Gasteiger partial charge in [-0.05, 0) is 46.1 Å². The quantitative estimate of drug-likeness (QED) is 0.743. The summed E-state index contributed by atoms with van der Waals surface area (Å²) in [5, 5.41) is 3.41. The van der Waals surface area contributed by atoms with Crippen LogP contribution in [-0.2, 0) is 0 Å². The van der Waals surface area contributed by atoms with Crippen molar-refractivity contribution in [2.75, 3.05) is 38.8 Å². The Balaban J connectivity index is 2.62. The van der Waals surface area contributed by atoms with Crippen molar-refractivity contribution in [3.8, 4) is 5.75 Å². The average molecular weight is 237 g/mol. The Morgan fingerprint density at radius 2 is 2.12 bits per heavy atom. The smallest absolute Gasteiger partial charge is 0.143 e. The summed E-state index contributed by atoms with van der Waals surface area (Å²) in [5.41, 5.74) is 7.61. The number of para-hydroxylation sites is 1. The molecule has 0 amide bonds. The Bertz CT molecular complexity index is 353. The van der Waals surface area contributed by atoms with E-state index in [0.717, 1.165) is 24.4 Å². The van der Waals surface area contributed by atoms with Gasteiger partial charge in [0.15, 0.2) is 0 Å². The third kappa shape index (κ3) is 4.15. The molecule has 3 N–H and O–H groups in total. The van der Waals surface area contributed by atoms with Crippen LogP contribution in [0.5, 0.6) is 5.75 Å². The molecule has 1 rings (SSSR count). The third-order valence-corrected chi connectivity index (χ3v) is 2.70. The minimum Gasteiger partial charge on any atom is -0.495 e. The summed E-state index contributed by atoms with van der Waals surface area (Å²) in [6.45, 7) is 3.21. The normalized spacial score (nSPS) is 12.5. The van der Waals surface area contributed by atoms with Gasteiger partial charge in [0.05, 0.1) is 18.5 Å². The van der Waals surface area contributed by atoms with Gasteiger partial charge in [-0.15, -0.1) is 0 Å². The summed E-state index contributed by atoms with van der Waals surface area (Å²) < 4.78 is 5.19. The van der Waals surface area contributed by atoms with Gasteiger partial charge in [0.1, 0.15) is 5.75 Å². The standard InChI is InChI=1S/C13H23N3O/c1-10(8-9-16(2)3)15-11-6-5-7-12(17-4)13(11)14/h5-7,10,15H,8-9,14H2,1-4H3. The van der Waals surface area contributed by atoms with E-state index in [-0.39, 0.29) is 0 Å². The largest absolute Gasteiger partial charge is 0.495 e. The van der Waals surface area contributed by atoms with E-state index in [1.807, 2.05) is 18.2 Å². The molecule has 1 atom stereocenters. The van der Waals surface area contributed by atoms with Gasteiger partial charge >= 0.3 is 0 Å². The van der Waals surface area contributed by atoms with Crippen LogP contribution in [0.2, 0.25) is 0 Å². The summed E-state index contributed by atoms with van der Waals surface area (Å²) >= 11 is 0. The number of hydrogen-bond acceptors (Lipinski definition) is 4. The van der Waals surface area contributed by atoms with Crippen LogP contribution in [0.4, 0.5) is 11.4 Å². The fourth-order valence-electron chi connectivity index (χ4n) is 1.64. The Labute approximate surface area is 104 Å². The van der Waals surface area contributed by atoms with E-state index in [1.165, 1.54) is 0 Å². The minimum atomic E-state index is 0.381. The molecule has 0 aliphatic rings. The van der Waals surface area contributed by atoms with E-state index in [9.17, 15) is 0 Å². The molecule has 0 bridgehead atoms. The maximum Gasteiger partial charge on any atom is 0.143 e. The summed E-state index contributed by atoms with van der Waals surface area (Å²) in [4.78, 5) is 2.17. The highest BCUT2D eigenvalue weighted by molar-refractivity contribution is 5.73. The van der Waals surface area contributed by atoms with Crippen molar-refractivity contribution in [3.63, 3.8) is 0 Å². The second kappa shape index (κ2) is 6.35. The Morgan fingerprint density at radius 3 is 2.71 bits per heavy atom. The van der Waals surface area contributed by atoms with Gasteiger partial charge in [-0.1, -0.05) is 6.07 Å². The molecule has 0 aliphatic heterocycles. The highest BCUT2D eigenvalue weighted by Gasteiger charge is 2.08. The van der Waals surface area contributed by atoms with Crippen LogP contribution >= 0.6 is 0 Å². The van der Waals surface area contributed by atoms with Crippen LogP contribution in [0.25, 0.3) is 0 Å². The maximum absolute atomic E-state index is 6.00. The number of ether oxygens (including phenoxy) is 1. The van der Waals surface area contributed by atoms with Gasteiger partial charge in [0, 0.05) is 6.04 Å². The molecule has 0 fully saturated rings. The molecule has 0 saturated heterocycles. The van der Waals surface area contributed by atoms with Crippen LogP contribution < -0.4 is 15.8 Å². The van der Waals surface area contributed by atoms with Crippen molar-refractivity contribution < 1.29 is 4.74 Å². The Hall–Kier alpha value is -1.42. The molecule has 1 unspecified atom stereocenters. The van der Waals surface area contributed by atoms with E-state index in [2.05, 4.69) is 31.2 Å². The zero-order chi connectivity index (χ0) is 12.8. The van der Waals surface area contributed by atoms with Crippen molar-refractivity contribution in [2.24, 2.45) is 0 Å². The SMILES string of the molecule is COc1cccc(NC(C)CCN(C)C)c1N. The molecule has 0 aliphatic carbocycles. The second-order valence-electron chi connectivity index (χ2n) is 4.56. The van der Waals surface area contributed by atoms with E-state index >= 15 is 0 Å². The Morgan fingerprint density at radius 1 is 1.41 bits per heavy atom. The molecular formula is C13H23N3O. The highest BCUT2D eigenvalue weighted by atomic mass is 16.5. The van der Waals surface area contributed by atoms with Gasteiger partial charge in [-0.3, -0.25) is 0 Å². The van der Waals surface area contributed by atoms with Crippen LogP contribution in [0.1, 0.15) is 13.3 Å². The van der Waals surface area contributed by atoms with Crippen molar-refractivity contribution in [3.05, 3.63) is 18.2 Å². The van der Waals surface area contributed by atoms with Crippen molar-refractivity contribution in [1.82, 2.24) is 4.90 Å². The van der Waals surface area contributed by atoms with Crippen LogP contribution in [0, 0.1) is 0 Å². The topological polar surface area (TPSA) is 50.5 Å². The lowest BCUT2D eigenvalue weighted by Crippen LogP contribution is -2.23. The van der Waals surface area contributed by atoms with E-state index in [4.69, 9.17) is 10.5 Å². The zero-order valence-corrected chi connectivity index (χ0v) is 11.2. The number of methoxy groups -OCH3 is 1. The van der Waals surface area contributed by atoms with Gasteiger partial charge in [-0.2, -0.15) is 0 Å². The first kappa shape index (κ1) is 13.6. The third-order valence-electron chi connectivity index (χ3n) is 2.70. The summed E-state index contributed by atoms with van der Waals surface area (Å²) in [7, 11) is 5.78. The predicted octanol–water partition coefficient (Wildman–Crippen LogP) is 2.03. The van der Waals surface area contributed by atoms with Gasteiger partial charge in [0.2, 0.25) is 0 Å². The first-order chi connectivity index (χ1) is 8.04. The number of hydrogen-bond donors (Lipinski definition) is 2. The number of nitrogen functional groups attached to an aromatic ring is 1. The first-order valence-electron chi connectivity index (χ1n) is 5.88. The van der Waals surface area contributed by atoms with Gasteiger partial charge in [-0.25, -0.2) is 0 Å². The molecule has 17 heavy (non-hydrogen) atoms. The molecule has 4 heteroatoms. The molecular weight excluding hydrogens is 214 g/mol. The summed E-state index contributed by atoms with van der Waals surface area (Å²) in [6, 6.07) is 6.16. The molecule has 4 nitrogen and oxygen atoms in total. The first-order valence-corrected chi connectivity index (χ1v) is 5.88. The number of benzene rings is 1. The van der Waals surface area contributed by atoms with Crippen molar-refractivity contribution in [1.29, 1.82) is 0 Å². The average Bonchev–Trinajstić information content (AvgIpc) is 2.29. The molecule has 1 aromatic rings. The Kier molecular flexibility index (Phi) is 5.10. The predicted molar refractivity (Wildman–Crippen MR) is 73.7 cm³/mol. The van der Waals surface area contributed by atoms with E-state index in [1.54, 1.807) is 7.11 Å². The fraction of sp³-hybridized carbons (Fsp3) is 0.538. The number of nitrogens with zero attached hydrogens (tertiary/aromatic N) is 1. The zero-order valence-electron chi connectivity index (χ0n) is 11.2. The van der Waals surface area contributed by atoms with Crippen LogP contribution in [-0.4, -0.2) is 38.7 Å². The molecule has 0 saturated carbocycles. The number of nitrogens with one attached hydrogen (secondary N) is 1. The lowest BCUT2D eigenvalue weighted by molar-refractivity contribution is 0.390. The maximum atomic E-state index is 6.00. The number of nitrogens with two attached hydrogens (primary N) is 1. The van der Waals surface area contributed by atoms with Gasteiger partial charge in [0.25, 0.3) is 0 Å². The second-order valence-corrected chi connectivity index (χ2v) is 4.56. The van der Waals surface area contributed by atoms with Crippen molar-refractivity contribution >= 4 is 11.4 Å². The lowest BCUT2D eigenvalue weighted by Gasteiger charge is -2.19. The number of rotatable bonds is 6. The molecule has 0 heterocycles. The highest BCUT2D eigenvalue weighted by Crippen LogP contribution is 2.29. The minimum absolute atomic E-state index is 0.381.